The van der Waals surface area contributed by atoms with Gasteiger partial charge in [0.2, 0.25) is 5.91 Å². The molecule has 0 saturated carbocycles. The third-order valence-electron chi connectivity index (χ3n) is 6.65. The molecule has 208 valence electrons. The van der Waals surface area contributed by atoms with Crippen LogP contribution in [0.25, 0.3) is 11.8 Å². The van der Waals surface area contributed by atoms with Crippen molar-refractivity contribution in [1.29, 1.82) is 0 Å². The number of anilines is 2. The number of carboxylic acid groups (broad SMARTS) is 1. The zero-order valence-electron chi connectivity index (χ0n) is 22.0. The van der Waals surface area contributed by atoms with Crippen molar-refractivity contribution in [2.75, 3.05) is 17.2 Å². The Morgan fingerprint density at radius 2 is 1.83 bits per heavy atom. The molecule has 2 unspecified atom stereocenters. The minimum absolute atomic E-state index is 0.0868. The van der Waals surface area contributed by atoms with Crippen molar-refractivity contribution in [3.05, 3.63) is 101 Å². The summed E-state index contributed by atoms with van der Waals surface area (Å²) in [5.41, 5.74) is 3.99. The van der Waals surface area contributed by atoms with E-state index < -0.39 is 24.1 Å². The summed E-state index contributed by atoms with van der Waals surface area (Å²) in [4.78, 5) is 40.1. The number of carbonyl (C=O) groups excluding carboxylic acids is 2. The second-order valence-electron chi connectivity index (χ2n) is 9.40. The molecule has 2 amide bonds. The van der Waals surface area contributed by atoms with E-state index in [1.807, 2.05) is 30.3 Å². The van der Waals surface area contributed by atoms with E-state index in [0.29, 0.717) is 34.6 Å². The lowest BCUT2D eigenvalue weighted by atomic mass is 9.90. The standard InChI is InChI=1S/C29H27N7O5/c1-18(37)31-24-7-4-6-23-22(24)15-16-35(27(23)28(39)32-21-12-9-20(10-13-21)29(40)41)26(38)14-11-19-5-2-3-8-25(19)36-17-30-33-34-36/h2-14,17-18,27,31,37H,15-16H2,1H3,(H,32,39)(H,40,41). The highest BCUT2D eigenvalue weighted by Crippen LogP contribution is 2.35. The highest BCUT2D eigenvalue weighted by Gasteiger charge is 2.36. The van der Waals surface area contributed by atoms with Crippen molar-refractivity contribution in [1.82, 2.24) is 25.1 Å². The van der Waals surface area contributed by atoms with Crippen LogP contribution in [0.3, 0.4) is 0 Å². The van der Waals surface area contributed by atoms with Gasteiger partial charge in [0, 0.05) is 29.6 Å². The Morgan fingerprint density at radius 1 is 1.05 bits per heavy atom. The van der Waals surface area contributed by atoms with Crippen LogP contribution in [0.15, 0.2) is 79.1 Å². The fourth-order valence-electron chi connectivity index (χ4n) is 4.82. The molecular weight excluding hydrogens is 526 g/mol. The molecule has 0 fully saturated rings. The number of aliphatic hydroxyl groups excluding tert-OH is 1. The number of carboxylic acids is 1. The Hall–Kier alpha value is -5.36. The van der Waals surface area contributed by atoms with Crippen LogP contribution < -0.4 is 10.6 Å². The van der Waals surface area contributed by atoms with Gasteiger partial charge in [-0.2, -0.15) is 4.68 Å². The van der Waals surface area contributed by atoms with E-state index in [0.717, 1.165) is 5.56 Å². The summed E-state index contributed by atoms with van der Waals surface area (Å²) in [6.07, 6.45) is 4.17. The van der Waals surface area contributed by atoms with Gasteiger partial charge in [-0.15, -0.1) is 5.10 Å². The maximum Gasteiger partial charge on any atom is 0.335 e. The van der Waals surface area contributed by atoms with E-state index in [4.69, 9.17) is 0 Å². The molecule has 12 nitrogen and oxygen atoms in total. The molecular formula is C29H27N7O5. The molecule has 4 aromatic rings. The van der Waals surface area contributed by atoms with E-state index in [2.05, 4.69) is 26.2 Å². The molecule has 0 bridgehead atoms. The van der Waals surface area contributed by atoms with Crippen LogP contribution >= 0.6 is 0 Å². The lowest BCUT2D eigenvalue weighted by Gasteiger charge is -2.37. The second kappa shape index (κ2) is 11.8. The Balaban J connectivity index is 1.47. The Morgan fingerprint density at radius 3 is 2.54 bits per heavy atom. The Labute approximate surface area is 234 Å². The summed E-state index contributed by atoms with van der Waals surface area (Å²) in [5.74, 6) is -1.91. The minimum atomic E-state index is -1.08. The number of nitrogens with one attached hydrogen (secondary N) is 2. The minimum Gasteiger partial charge on any atom is -0.478 e. The van der Waals surface area contributed by atoms with E-state index in [1.165, 1.54) is 46.3 Å². The number of tetrazole rings is 1. The summed E-state index contributed by atoms with van der Waals surface area (Å²) < 4.78 is 1.49. The number of nitrogens with zero attached hydrogens (tertiary/aromatic N) is 5. The third-order valence-corrected chi connectivity index (χ3v) is 6.65. The first kappa shape index (κ1) is 27.2. The number of hydrogen-bond acceptors (Lipinski definition) is 8. The fraction of sp³-hybridized carbons (Fsp3) is 0.172. The van der Waals surface area contributed by atoms with Gasteiger partial charge in [0.15, 0.2) is 0 Å². The van der Waals surface area contributed by atoms with Gasteiger partial charge in [-0.3, -0.25) is 9.59 Å². The summed E-state index contributed by atoms with van der Waals surface area (Å²) in [7, 11) is 0. The van der Waals surface area contributed by atoms with Gasteiger partial charge < -0.3 is 25.7 Å². The van der Waals surface area contributed by atoms with Crippen LogP contribution in [0, 0.1) is 0 Å². The number of para-hydroxylation sites is 1. The predicted molar refractivity (Wildman–Crippen MR) is 150 cm³/mol. The number of aromatic carboxylic acids is 1. The van der Waals surface area contributed by atoms with Crippen LogP contribution in [-0.4, -0.2) is 65.9 Å². The molecule has 2 heterocycles. The van der Waals surface area contributed by atoms with Gasteiger partial charge in [0.05, 0.1) is 11.3 Å². The molecule has 1 aromatic heterocycles. The van der Waals surface area contributed by atoms with E-state index in [-0.39, 0.29) is 18.0 Å². The molecule has 41 heavy (non-hydrogen) atoms. The van der Waals surface area contributed by atoms with Gasteiger partial charge in [-0.1, -0.05) is 30.3 Å². The number of carbonyl (C=O) groups is 3. The fourth-order valence-corrected chi connectivity index (χ4v) is 4.82. The summed E-state index contributed by atoms with van der Waals surface area (Å²) in [6.45, 7) is 1.85. The molecule has 3 aromatic carbocycles. The van der Waals surface area contributed by atoms with Gasteiger partial charge in [-0.05, 0) is 77.4 Å². The molecule has 0 spiro atoms. The SMILES string of the molecule is CC(O)Nc1cccc2c1CCN(C(=O)C=Cc1ccccc1-n1cnnn1)C2C(=O)Nc1ccc(C(=O)O)cc1. The lowest BCUT2D eigenvalue weighted by Crippen LogP contribution is -2.45. The molecule has 0 saturated heterocycles. The molecule has 2 atom stereocenters. The molecule has 5 rings (SSSR count). The largest absolute Gasteiger partial charge is 0.478 e. The van der Waals surface area contributed by atoms with Crippen LogP contribution in [0.4, 0.5) is 11.4 Å². The van der Waals surface area contributed by atoms with Crippen molar-refractivity contribution < 1.29 is 24.6 Å². The van der Waals surface area contributed by atoms with Crippen molar-refractivity contribution in [3.63, 3.8) is 0 Å². The number of amides is 2. The number of aliphatic hydroxyl groups is 1. The van der Waals surface area contributed by atoms with Crippen molar-refractivity contribution in [2.24, 2.45) is 0 Å². The predicted octanol–water partition coefficient (Wildman–Crippen LogP) is 2.89. The third kappa shape index (κ3) is 5.97. The summed E-state index contributed by atoms with van der Waals surface area (Å²) in [6, 6.07) is 17.5. The molecule has 12 heteroatoms. The second-order valence-corrected chi connectivity index (χ2v) is 9.40. The van der Waals surface area contributed by atoms with Crippen LogP contribution in [0.1, 0.15) is 40.0 Å². The topological polar surface area (TPSA) is 163 Å². The number of fused-ring (bicyclic) bond motifs is 1. The first-order valence-corrected chi connectivity index (χ1v) is 12.8. The van der Waals surface area contributed by atoms with E-state index >= 15 is 0 Å². The first-order chi connectivity index (χ1) is 19.8. The van der Waals surface area contributed by atoms with Crippen molar-refractivity contribution in [3.8, 4) is 5.69 Å². The molecule has 1 aliphatic heterocycles. The highest BCUT2D eigenvalue weighted by molar-refractivity contribution is 6.01. The first-order valence-electron chi connectivity index (χ1n) is 12.8. The number of rotatable bonds is 8. The highest BCUT2D eigenvalue weighted by atomic mass is 16.4. The summed E-state index contributed by atoms with van der Waals surface area (Å²) >= 11 is 0. The van der Waals surface area contributed by atoms with Crippen LogP contribution in [0.5, 0.6) is 0 Å². The number of hydrogen-bond donors (Lipinski definition) is 4. The van der Waals surface area contributed by atoms with Crippen LogP contribution in [-0.2, 0) is 16.0 Å². The maximum absolute atomic E-state index is 13.7. The molecule has 0 radical (unpaired) electrons. The lowest BCUT2D eigenvalue weighted by molar-refractivity contribution is -0.135. The zero-order chi connectivity index (χ0) is 28.9. The molecule has 0 aliphatic carbocycles. The van der Waals surface area contributed by atoms with Gasteiger partial charge in [0.1, 0.15) is 18.6 Å². The Bertz CT molecular complexity index is 1600. The summed E-state index contributed by atoms with van der Waals surface area (Å²) in [5, 5.41) is 36.2. The number of aromatic nitrogens is 4. The Kier molecular flexibility index (Phi) is 7.83. The van der Waals surface area contributed by atoms with E-state index in [1.54, 1.807) is 25.1 Å². The van der Waals surface area contributed by atoms with E-state index in [9.17, 15) is 24.6 Å². The number of benzene rings is 3. The van der Waals surface area contributed by atoms with Gasteiger partial charge >= 0.3 is 5.97 Å². The average Bonchev–Trinajstić information content (AvgIpc) is 3.50. The quantitative estimate of drug-likeness (QED) is 0.190. The smallest absolute Gasteiger partial charge is 0.335 e. The van der Waals surface area contributed by atoms with Crippen molar-refractivity contribution in [2.45, 2.75) is 25.6 Å². The normalized spacial score (nSPS) is 15.3. The van der Waals surface area contributed by atoms with Gasteiger partial charge in [0.25, 0.3) is 5.91 Å². The average molecular weight is 554 g/mol. The van der Waals surface area contributed by atoms with Crippen molar-refractivity contribution >= 4 is 35.2 Å². The van der Waals surface area contributed by atoms with Gasteiger partial charge in [-0.25, -0.2) is 4.79 Å². The monoisotopic (exact) mass is 553 g/mol. The maximum atomic E-state index is 13.7. The molecule has 4 N–H and O–H groups in total. The molecule has 1 aliphatic rings. The van der Waals surface area contributed by atoms with Crippen LogP contribution in [0.2, 0.25) is 0 Å². The zero-order valence-corrected chi connectivity index (χ0v) is 22.0.